The van der Waals surface area contributed by atoms with E-state index in [1.165, 1.54) is 31.2 Å². The van der Waals surface area contributed by atoms with E-state index in [4.69, 9.17) is 4.74 Å². The molecule has 2 aromatic carbocycles. The summed E-state index contributed by atoms with van der Waals surface area (Å²) in [4.78, 5) is 21.6. The van der Waals surface area contributed by atoms with Gasteiger partial charge in [-0.05, 0) is 31.2 Å². The molecule has 0 bridgehead atoms. The fourth-order valence-electron chi connectivity index (χ4n) is 1.75. The molecule has 0 aliphatic rings. The highest BCUT2D eigenvalue weighted by molar-refractivity contribution is 9.10. The van der Waals surface area contributed by atoms with Crippen molar-refractivity contribution in [2.24, 2.45) is 0 Å². The maximum absolute atomic E-state index is 13.2. The van der Waals surface area contributed by atoms with Gasteiger partial charge in [0.1, 0.15) is 17.3 Å². The maximum atomic E-state index is 13.2. The molecule has 0 N–H and O–H groups in total. The number of halogens is 2. The largest absolute Gasteiger partial charge is 0.457 e. The molecule has 0 heterocycles. The third-order valence-electron chi connectivity index (χ3n) is 2.62. The molecule has 0 atom stereocenters. The van der Waals surface area contributed by atoms with Gasteiger partial charge in [-0.3, -0.25) is 14.9 Å². The average molecular weight is 354 g/mol. The van der Waals surface area contributed by atoms with E-state index >= 15 is 0 Å². The number of nitro benzene ring substituents is 1. The van der Waals surface area contributed by atoms with E-state index in [1.54, 1.807) is 0 Å². The van der Waals surface area contributed by atoms with Crippen molar-refractivity contribution in [3.63, 3.8) is 0 Å². The van der Waals surface area contributed by atoms with Crippen LogP contribution in [0.5, 0.6) is 11.5 Å². The minimum atomic E-state index is -0.662. The Morgan fingerprint density at radius 3 is 2.52 bits per heavy atom. The van der Waals surface area contributed by atoms with Gasteiger partial charge in [0.15, 0.2) is 5.78 Å². The van der Waals surface area contributed by atoms with Crippen LogP contribution in [0.25, 0.3) is 0 Å². The Kier molecular flexibility index (Phi) is 4.32. The summed E-state index contributed by atoms with van der Waals surface area (Å²) >= 11 is 3.12. The smallest absolute Gasteiger partial charge is 0.283 e. The monoisotopic (exact) mass is 353 g/mol. The van der Waals surface area contributed by atoms with Gasteiger partial charge >= 0.3 is 0 Å². The minimum Gasteiger partial charge on any atom is -0.457 e. The summed E-state index contributed by atoms with van der Waals surface area (Å²) < 4.78 is 19.1. The summed E-state index contributed by atoms with van der Waals surface area (Å²) in [7, 11) is 0. The van der Waals surface area contributed by atoms with E-state index in [9.17, 15) is 19.3 Å². The number of hydrogen-bond donors (Lipinski definition) is 0. The minimum absolute atomic E-state index is 0.00669. The third-order valence-corrected chi connectivity index (χ3v) is 3.07. The number of ether oxygens (including phenoxy) is 1. The summed E-state index contributed by atoms with van der Waals surface area (Å²) in [6, 6.07) is 7.79. The molecular weight excluding hydrogens is 345 g/mol. The highest BCUT2D eigenvalue weighted by Gasteiger charge is 2.18. The van der Waals surface area contributed by atoms with Crippen LogP contribution in [0.4, 0.5) is 10.1 Å². The number of ketones is 1. The molecule has 0 saturated heterocycles. The fourth-order valence-corrected chi connectivity index (χ4v) is 2.19. The van der Waals surface area contributed by atoms with Crippen LogP contribution < -0.4 is 4.74 Å². The summed E-state index contributed by atoms with van der Waals surface area (Å²) in [5.74, 6) is -0.591. The van der Waals surface area contributed by atoms with E-state index in [1.807, 2.05) is 0 Å². The number of hydrogen-bond acceptors (Lipinski definition) is 4. The maximum Gasteiger partial charge on any atom is 0.283 e. The van der Waals surface area contributed by atoms with Crippen molar-refractivity contribution in [1.29, 1.82) is 0 Å². The van der Waals surface area contributed by atoms with Crippen LogP contribution in [0.15, 0.2) is 40.9 Å². The zero-order valence-corrected chi connectivity index (χ0v) is 12.4. The molecule has 2 aromatic rings. The standard InChI is InChI=1S/C14H9BrFNO4/c1-8(18)13-3-2-11(7-14(13)17(19)20)21-12-5-9(15)4-10(16)6-12/h2-7H,1H3. The lowest BCUT2D eigenvalue weighted by Crippen LogP contribution is -2.00. The van der Waals surface area contributed by atoms with Crippen LogP contribution in [0, 0.1) is 15.9 Å². The highest BCUT2D eigenvalue weighted by Crippen LogP contribution is 2.30. The van der Waals surface area contributed by atoms with Gasteiger partial charge < -0.3 is 4.74 Å². The first-order valence-electron chi connectivity index (χ1n) is 5.80. The quantitative estimate of drug-likeness (QED) is 0.461. The van der Waals surface area contributed by atoms with E-state index in [2.05, 4.69) is 15.9 Å². The first-order valence-corrected chi connectivity index (χ1v) is 6.59. The highest BCUT2D eigenvalue weighted by atomic mass is 79.9. The number of Topliss-reactive ketones (excluding diaryl/α,β-unsaturated/α-hetero) is 1. The molecule has 0 unspecified atom stereocenters. The Hall–Kier alpha value is -2.28. The Morgan fingerprint density at radius 1 is 1.24 bits per heavy atom. The molecule has 0 radical (unpaired) electrons. The predicted molar refractivity (Wildman–Crippen MR) is 77.3 cm³/mol. The lowest BCUT2D eigenvalue weighted by molar-refractivity contribution is -0.385. The van der Waals surface area contributed by atoms with Crippen molar-refractivity contribution >= 4 is 27.4 Å². The second-order valence-electron chi connectivity index (χ2n) is 4.20. The molecule has 108 valence electrons. The van der Waals surface area contributed by atoms with Crippen molar-refractivity contribution in [3.05, 3.63) is 62.4 Å². The van der Waals surface area contributed by atoms with Crippen LogP contribution >= 0.6 is 15.9 Å². The Bertz CT molecular complexity index is 713. The van der Waals surface area contributed by atoms with Gasteiger partial charge in [-0.1, -0.05) is 15.9 Å². The second kappa shape index (κ2) is 6.01. The van der Waals surface area contributed by atoms with Gasteiger partial charge in [0, 0.05) is 10.5 Å². The van der Waals surface area contributed by atoms with E-state index in [0.29, 0.717) is 4.47 Å². The molecule has 0 aliphatic carbocycles. The van der Waals surface area contributed by atoms with Crippen LogP contribution in [0.3, 0.4) is 0 Å². The zero-order valence-electron chi connectivity index (χ0n) is 10.8. The van der Waals surface area contributed by atoms with Crippen molar-refractivity contribution < 1.29 is 18.8 Å². The van der Waals surface area contributed by atoms with Gasteiger partial charge in [0.2, 0.25) is 0 Å². The van der Waals surface area contributed by atoms with E-state index in [0.717, 1.165) is 12.1 Å². The summed E-state index contributed by atoms with van der Waals surface area (Å²) in [5, 5.41) is 11.0. The number of carbonyl (C=O) groups excluding carboxylic acids is 1. The number of benzene rings is 2. The van der Waals surface area contributed by atoms with Gasteiger partial charge in [0.25, 0.3) is 5.69 Å². The van der Waals surface area contributed by atoms with Gasteiger partial charge in [-0.25, -0.2) is 4.39 Å². The van der Waals surface area contributed by atoms with Crippen molar-refractivity contribution in [1.82, 2.24) is 0 Å². The lowest BCUT2D eigenvalue weighted by Gasteiger charge is -2.07. The van der Waals surface area contributed by atoms with Crippen LogP contribution in [0.2, 0.25) is 0 Å². The number of nitro groups is 1. The number of rotatable bonds is 4. The molecule has 0 fully saturated rings. The molecule has 0 spiro atoms. The zero-order chi connectivity index (χ0) is 15.6. The van der Waals surface area contributed by atoms with Crippen LogP contribution in [-0.2, 0) is 0 Å². The number of nitrogens with zero attached hydrogens (tertiary/aromatic N) is 1. The van der Waals surface area contributed by atoms with Crippen molar-refractivity contribution in [2.45, 2.75) is 6.92 Å². The topological polar surface area (TPSA) is 69.4 Å². The molecular formula is C14H9BrFNO4. The Balaban J connectivity index is 2.39. The molecule has 7 heteroatoms. The summed E-state index contributed by atoms with van der Waals surface area (Å²) in [6.07, 6.45) is 0. The third kappa shape index (κ3) is 3.63. The van der Waals surface area contributed by atoms with Crippen LogP contribution in [-0.4, -0.2) is 10.7 Å². The lowest BCUT2D eigenvalue weighted by atomic mass is 10.1. The second-order valence-corrected chi connectivity index (χ2v) is 5.12. The molecule has 0 amide bonds. The van der Waals surface area contributed by atoms with E-state index < -0.39 is 16.5 Å². The van der Waals surface area contributed by atoms with E-state index in [-0.39, 0.29) is 22.7 Å². The molecule has 5 nitrogen and oxygen atoms in total. The van der Waals surface area contributed by atoms with Crippen molar-refractivity contribution in [2.75, 3.05) is 0 Å². The van der Waals surface area contributed by atoms with Crippen molar-refractivity contribution in [3.8, 4) is 11.5 Å². The average Bonchev–Trinajstić information content (AvgIpc) is 2.36. The SMILES string of the molecule is CC(=O)c1ccc(Oc2cc(F)cc(Br)c2)cc1[N+](=O)[O-]. The molecule has 2 rings (SSSR count). The first kappa shape index (κ1) is 15.1. The predicted octanol–water partition coefficient (Wildman–Crippen LogP) is 4.49. The summed E-state index contributed by atoms with van der Waals surface area (Å²) in [6.45, 7) is 1.24. The number of carbonyl (C=O) groups is 1. The van der Waals surface area contributed by atoms with Gasteiger partial charge in [-0.2, -0.15) is 0 Å². The van der Waals surface area contributed by atoms with Crippen LogP contribution in [0.1, 0.15) is 17.3 Å². The molecule has 0 saturated carbocycles. The molecule has 21 heavy (non-hydrogen) atoms. The molecule has 0 aliphatic heterocycles. The summed E-state index contributed by atoms with van der Waals surface area (Å²) in [5.41, 5.74) is -0.358. The Labute approximate surface area is 127 Å². The van der Waals surface area contributed by atoms with Gasteiger partial charge in [-0.15, -0.1) is 0 Å². The van der Waals surface area contributed by atoms with Gasteiger partial charge in [0.05, 0.1) is 16.6 Å². The Morgan fingerprint density at radius 2 is 1.95 bits per heavy atom. The molecule has 0 aromatic heterocycles. The fraction of sp³-hybridized carbons (Fsp3) is 0.0714. The first-order chi connectivity index (χ1) is 9.86. The normalized spacial score (nSPS) is 10.2.